The first kappa shape index (κ1) is 18.4. The van der Waals surface area contributed by atoms with Crippen LogP contribution in [-0.4, -0.2) is 67.7 Å². The van der Waals surface area contributed by atoms with Crippen molar-refractivity contribution in [3.63, 3.8) is 0 Å². The fourth-order valence-electron chi connectivity index (χ4n) is 2.86. The van der Waals surface area contributed by atoms with Crippen LogP contribution in [0.1, 0.15) is 40.5 Å². The van der Waals surface area contributed by atoms with Crippen molar-refractivity contribution in [1.82, 2.24) is 9.80 Å². The maximum atomic E-state index is 12.7. The standard InChI is InChI=1S/C16H33N3O2/c1-5-16(6-2,13-17)15(20)19-9-7-18(8-10-19)11-12-21-14(3)4/h14H,5-13,17H2,1-4H3. The second kappa shape index (κ2) is 8.71. The summed E-state index contributed by atoms with van der Waals surface area (Å²) in [7, 11) is 0. The Morgan fingerprint density at radius 1 is 1.19 bits per heavy atom. The predicted octanol–water partition coefficient (Wildman–Crippen LogP) is 1.32. The van der Waals surface area contributed by atoms with Gasteiger partial charge in [-0.2, -0.15) is 0 Å². The second-order valence-corrected chi connectivity index (χ2v) is 6.24. The number of hydrogen-bond acceptors (Lipinski definition) is 4. The average Bonchev–Trinajstić information content (AvgIpc) is 2.50. The van der Waals surface area contributed by atoms with E-state index in [1.165, 1.54) is 0 Å². The van der Waals surface area contributed by atoms with E-state index in [9.17, 15) is 4.79 Å². The Bertz CT molecular complexity index is 300. The molecule has 1 saturated heterocycles. The normalized spacial score (nSPS) is 17.5. The summed E-state index contributed by atoms with van der Waals surface area (Å²) in [6.45, 7) is 13.9. The Hall–Kier alpha value is -0.650. The molecule has 1 rings (SSSR count). The van der Waals surface area contributed by atoms with Crippen molar-refractivity contribution in [3.05, 3.63) is 0 Å². The van der Waals surface area contributed by atoms with Gasteiger partial charge in [0.15, 0.2) is 0 Å². The highest BCUT2D eigenvalue weighted by atomic mass is 16.5. The third-order valence-corrected chi connectivity index (χ3v) is 4.72. The van der Waals surface area contributed by atoms with Crippen LogP contribution in [0.25, 0.3) is 0 Å². The molecular weight excluding hydrogens is 266 g/mol. The third kappa shape index (κ3) is 4.94. The molecule has 5 nitrogen and oxygen atoms in total. The molecule has 0 atom stereocenters. The lowest BCUT2D eigenvalue weighted by Crippen LogP contribution is -2.55. The summed E-state index contributed by atoms with van der Waals surface area (Å²) in [6.07, 6.45) is 1.93. The highest BCUT2D eigenvalue weighted by Gasteiger charge is 2.37. The minimum atomic E-state index is -0.358. The molecular formula is C16H33N3O2. The third-order valence-electron chi connectivity index (χ3n) is 4.72. The Balaban J connectivity index is 2.43. The SMILES string of the molecule is CCC(CC)(CN)C(=O)N1CCN(CCOC(C)C)CC1. The van der Waals surface area contributed by atoms with E-state index in [-0.39, 0.29) is 17.4 Å². The quantitative estimate of drug-likeness (QED) is 0.734. The summed E-state index contributed by atoms with van der Waals surface area (Å²) in [6, 6.07) is 0. The van der Waals surface area contributed by atoms with E-state index >= 15 is 0 Å². The number of rotatable bonds is 8. The van der Waals surface area contributed by atoms with Crippen LogP contribution in [-0.2, 0) is 9.53 Å². The number of hydrogen-bond donors (Lipinski definition) is 1. The van der Waals surface area contributed by atoms with Gasteiger partial charge >= 0.3 is 0 Å². The van der Waals surface area contributed by atoms with E-state index in [4.69, 9.17) is 10.5 Å². The van der Waals surface area contributed by atoms with Gasteiger partial charge in [-0.3, -0.25) is 9.69 Å². The van der Waals surface area contributed by atoms with Crippen LogP contribution >= 0.6 is 0 Å². The summed E-state index contributed by atoms with van der Waals surface area (Å²) < 4.78 is 5.59. The van der Waals surface area contributed by atoms with Crippen LogP contribution in [0.4, 0.5) is 0 Å². The largest absolute Gasteiger partial charge is 0.377 e. The zero-order valence-corrected chi connectivity index (χ0v) is 14.2. The molecule has 1 heterocycles. The molecule has 0 aromatic heterocycles. The number of amides is 1. The van der Waals surface area contributed by atoms with Crippen LogP contribution < -0.4 is 5.73 Å². The zero-order chi connectivity index (χ0) is 15.9. The van der Waals surface area contributed by atoms with E-state index < -0.39 is 0 Å². The maximum absolute atomic E-state index is 12.7. The van der Waals surface area contributed by atoms with Gasteiger partial charge in [-0.25, -0.2) is 0 Å². The molecule has 124 valence electrons. The van der Waals surface area contributed by atoms with Gasteiger partial charge < -0.3 is 15.4 Å². The monoisotopic (exact) mass is 299 g/mol. The fraction of sp³-hybridized carbons (Fsp3) is 0.938. The smallest absolute Gasteiger partial charge is 0.230 e. The molecule has 0 aromatic carbocycles. The molecule has 0 bridgehead atoms. The van der Waals surface area contributed by atoms with E-state index in [0.29, 0.717) is 6.54 Å². The Morgan fingerprint density at radius 3 is 2.19 bits per heavy atom. The van der Waals surface area contributed by atoms with Crippen LogP contribution in [0, 0.1) is 5.41 Å². The van der Waals surface area contributed by atoms with Gasteiger partial charge in [0.2, 0.25) is 5.91 Å². The van der Waals surface area contributed by atoms with Crippen molar-refractivity contribution in [2.45, 2.75) is 46.6 Å². The van der Waals surface area contributed by atoms with Crippen LogP contribution in [0.5, 0.6) is 0 Å². The highest BCUT2D eigenvalue weighted by Crippen LogP contribution is 2.28. The van der Waals surface area contributed by atoms with E-state index in [1.54, 1.807) is 0 Å². The van der Waals surface area contributed by atoms with Crippen molar-refractivity contribution in [2.24, 2.45) is 11.1 Å². The van der Waals surface area contributed by atoms with E-state index in [1.807, 2.05) is 4.90 Å². The van der Waals surface area contributed by atoms with Gasteiger partial charge in [-0.15, -0.1) is 0 Å². The van der Waals surface area contributed by atoms with E-state index in [0.717, 1.165) is 52.2 Å². The molecule has 21 heavy (non-hydrogen) atoms. The van der Waals surface area contributed by atoms with Gasteiger partial charge in [0.25, 0.3) is 0 Å². The molecule has 0 unspecified atom stereocenters. The predicted molar refractivity (Wildman–Crippen MR) is 86.2 cm³/mol. The van der Waals surface area contributed by atoms with Crippen LogP contribution in [0.15, 0.2) is 0 Å². The number of piperazine rings is 1. The van der Waals surface area contributed by atoms with Crippen molar-refractivity contribution in [2.75, 3.05) is 45.9 Å². The maximum Gasteiger partial charge on any atom is 0.230 e. The van der Waals surface area contributed by atoms with Crippen LogP contribution in [0.3, 0.4) is 0 Å². The fourth-order valence-corrected chi connectivity index (χ4v) is 2.86. The minimum Gasteiger partial charge on any atom is -0.377 e. The molecule has 1 aliphatic heterocycles. The molecule has 0 radical (unpaired) electrons. The number of carbonyl (C=O) groups is 1. The number of ether oxygens (including phenoxy) is 1. The second-order valence-electron chi connectivity index (χ2n) is 6.24. The summed E-state index contributed by atoms with van der Waals surface area (Å²) in [5, 5.41) is 0. The lowest BCUT2D eigenvalue weighted by Gasteiger charge is -2.40. The molecule has 1 fully saturated rings. The van der Waals surface area contributed by atoms with E-state index in [2.05, 4.69) is 32.6 Å². The topological polar surface area (TPSA) is 58.8 Å². The minimum absolute atomic E-state index is 0.244. The molecule has 2 N–H and O–H groups in total. The molecule has 0 aromatic rings. The van der Waals surface area contributed by atoms with Gasteiger partial charge in [0.1, 0.15) is 0 Å². The average molecular weight is 299 g/mol. The summed E-state index contributed by atoms with van der Waals surface area (Å²) in [4.78, 5) is 17.1. The molecule has 0 saturated carbocycles. The van der Waals surface area contributed by atoms with Crippen molar-refractivity contribution in [1.29, 1.82) is 0 Å². The number of carbonyl (C=O) groups excluding carboxylic acids is 1. The summed E-state index contributed by atoms with van der Waals surface area (Å²) >= 11 is 0. The number of nitrogens with zero attached hydrogens (tertiary/aromatic N) is 2. The Morgan fingerprint density at radius 2 is 1.76 bits per heavy atom. The molecule has 0 spiro atoms. The first-order valence-corrected chi connectivity index (χ1v) is 8.32. The lowest BCUT2D eigenvalue weighted by molar-refractivity contribution is -0.144. The van der Waals surface area contributed by atoms with Gasteiger partial charge in [0.05, 0.1) is 18.1 Å². The first-order chi connectivity index (χ1) is 9.99. The van der Waals surface area contributed by atoms with Crippen molar-refractivity contribution in [3.8, 4) is 0 Å². The van der Waals surface area contributed by atoms with Crippen molar-refractivity contribution >= 4 is 5.91 Å². The summed E-state index contributed by atoms with van der Waals surface area (Å²) in [5.74, 6) is 0.244. The van der Waals surface area contributed by atoms with Crippen LogP contribution in [0.2, 0.25) is 0 Å². The Labute approximate surface area is 129 Å². The molecule has 0 aliphatic carbocycles. The lowest BCUT2D eigenvalue weighted by atomic mass is 9.81. The highest BCUT2D eigenvalue weighted by molar-refractivity contribution is 5.83. The molecule has 1 amide bonds. The summed E-state index contributed by atoms with van der Waals surface area (Å²) in [5.41, 5.74) is 5.53. The molecule has 5 heteroatoms. The number of nitrogens with two attached hydrogens (primary N) is 1. The van der Waals surface area contributed by atoms with Crippen molar-refractivity contribution < 1.29 is 9.53 Å². The molecule has 1 aliphatic rings. The first-order valence-electron chi connectivity index (χ1n) is 8.32. The zero-order valence-electron chi connectivity index (χ0n) is 14.2. The van der Waals surface area contributed by atoms with Gasteiger partial charge in [0, 0.05) is 39.3 Å². The Kier molecular flexibility index (Phi) is 7.63. The van der Waals surface area contributed by atoms with Gasteiger partial charge in [-0.05, 0) is 26.7 Å². The van der Waals surface area contributed by atoms with Gasteiger partial charge in [-0.1, -0.05) is 13.8 Å².